The number of ether oxygens (including phenoxy) is 2. The third kappa shape index (κ3) is 3.84. The molecule has 2 aliphatic rings. The Morgan fingerprint density at radius 3 is 2.54 bits per heavy atom. The van der Waals surface area contributed by atoms with Gasteiger partial charge in [0.25, 0.3) is 0 Å². The topological polar surface area (TPSA) is 110 Å². The number of fused-ring (bicyclic) bond motifs is 1. The summed E-state index contributed by atoms with van der Waals surface area (Å²) in [6.07, 6.45) is 2.66. The van der Waals surface area contributed by atoms with E-state index in [-0.39, 0.29) is 23.1 Å². The van der Waals surface area contributed by atoms with Gasteiger partial charge in [-0.15, -0.1) is 0 Å². The number of benzene rings is 1. The van der Waals surface area contributed by atoms with Gasteiger partial charge >= 0.3 is 5.97 Å². The molecule has 1 aliphatic heterocycles. The van der Waals surface area contributed by atoms with E-state index in [1.54, 1.807) is 6.08 Å². The molecule has 1 unspecified atom stereocenters. The van der Waals surface area contributed by atoms with Crippen LogP contribution in [0.15, 0.2) is 35.4 Å². The molecule has 28 heavy (non-hydrogen) atoms. The number of Topliss-reactive ketones (excluding diaryl/α,β-unsaturated/α-hetero) is 1. The van der Waals surface area contributed by atoms with E-state index in [1.165, 1.54) is 0 Å². The Bertz CT molecular complexity index is 884. The molecule has 3 rings (SSSR count). The van der Waals surface area contributed by atoms with Crippen molar-refractivity contribution in [2.75, 3.05) is 6.61 Å². The monoisotopic (exact) mass is 386 g/mol. The van der Waals surface area contributed by atoms with E-state index in [2.05, 4.69) is 0 Å². The number of carbonyl (C=O) groups excluding carboxylic acids is 3. The average molecular weight is 386 g/mol. The summed E-state index contributed by atoms with van der Waals surface area (Å²) in [7, 11) is 0. The van der Waals surface area contributed by atoms with E-state index in [1.807, 2.05) is 13.8 Å². The number of ketones is 2. The summed E-state index contributed by atoms with van der Waals surface area (Å²) in [5.74, 6) is -2.68. The van der Waals surface area contributed by atoms with Gasteiger partial charge in [-0.25, -0.2) is 4.79 Å². The molecule has 1 saturated heterocycles. The van der Waals surface area contributed by atoms with Crippen LogP contribution in [-0.4, -0.2) is 46.6 Å². The smallest absolute Gasteiger partial charge is 0.335 e. The summed E-state index contributed by atoms with van der Waals surface area (Å²) >= 11 is 0. The predicted octanol–water partition coefficient (Wildman–Crippen LogP) is 2.85. The first kappa shape index (κ1) is 19.8. The molecule has 1 fully saturated rings. The number of rotatable bonds is 5. The average Bonchev–Trinajstić information content (AvgIpc) is 3.18. The van der Waals surface area contributed by atoms with Gasteiger partial charge < -0.3 is 19.7 Å². The van der Waals surface area contributed by atoms with Gasteiger partial charge in [-0.05, 0) is 44.9 Å². The van der Waals surface area contributed by atoms with Gasteiger partial charge in [0.15, 0.2) is 17.7 Å². The fourth-order valence-corrected chi connectivity index (χ4v) is 3.28. The minimum Gasteiger partial charge on any atom is -0.507 e. The van der Waals surface area contributed by atoms with Crippen LogP contribution < -0.4 is 0 Å². The van der Waals surface area contributed by atoms with Crippen LogP contribution in [0.3, 0.4) is 0 Å². The molecule has 0 radical (unpaired) electrons. The van der Waals surface area contributed by atoms with Gasteiger partial charge in [0.1, 0.15) is 17.6 Å². The number of hydrogen-bond acceptors (Lipinski definition) is 7. The molecule has 0 bridgehead atoms. The molecular formula is C21H22O7. The molecule has 1 heterocycles. The second kappa shape index (κ2) is 7.98. The van der Waals surface area contributed by atoms with Crippen molar-refractivity contribution in [1.82, 2.24) is 0 Å². The van der Waals surface area contributed by atoms with Crippen molar-refractivity contribution in [2.24, 2.45) is 0 Å². The van der Waals surface area contributed by atoms with Crippen LogP contribution >= 0.6 is 0 Å². The lowest BCUT2D eigenvalue weighted by molar-refractivity contribution is -0.157. The van der Waals surface area contributed by atoms with Crippen molar-refractivity contribution in [2.45, 2.75) is 45.3 Å². The van der Waals surface area contributed by atoms with E-state index < -0.39 is 41.2 Å². The first-order chi connectivity index (χ1) is 13.3. The number of allylic oxidation sites excluding steroid dienone is 2. The van der Waals surface area contributed by atoms with Crippen LogP contribution in [0.2, 0.25) is 0 Å². The maximum Gasteiger partial charge on any atom is 0.335 e. The Labute approximate surface area is 162 Å². The fourth-order valence-electron chi connectivity index (χ4n) is 3.28. The molecule has 148 valence electrons. The second-order valence-electron chi connectivity index (χ2n) is 7.09. The molecule has 1 aromatic carbocycles. The zero-order valence-corrected chi connectivity index (χ0v) is 15.7. The van der Waals surface area contributed by atoms with Crippen LogP contribution in [0, 0.1) is 0 Å². The third-order valence-corrected chi connectivity index (χ3v) is 4.72. The summed E-state index contributed by atoms with van der Waals surface area (Å²) in [5, 5.41) is 20.0. The lowest BCUT2D eigenvalue weighted by atomic mass is 9.85. The highest BCUT2D eigenvalue weighted by molar-refractivity contribution is 6.27. The largest absolute Gasteiger partial charge is 0.507 e. The maximum absolute atomic E-state index is 13.0. The zero-order chi connectivity index (χ0) is 20.4. The number of hydrogen-bond donors (Lipinski definition) is 2. The number of phenols is 2. The third-order valence-electron chi connectivity index (χ3n) is 4.72. The van der Waals surface area contributed by atoms with Crippen molar-refractivity contribution in [1.29, 1.82) is 0 Å². The minimum atomic E-state index is -1.00. The molecule has 7 heteroatoms. The summed E-state index contributed by atoms with van der Waals surface area (Å²) in [6, 6.07) is 2.29. The Kier molecular flexibility index (Phi) is 5.65. The first-order valence-electron chi connectivity index (χ1n) is 9.10. The molecule has 7 nitrogen and oxygen atoms in total. The lowest BCUT2D eigenvalue weighted by Gasteiger charge is -2.24. The van der Waals surface area contributed by atoms with Gasteiger partial charge in [0.2, 0.25) is 0 Å². The molecule has 2 atom stereocenters. The minimum absolute atomic E-state index is 0.0396. The lowest BCUT2D eigenvalue weighted by Crippen LogP contribution is -2.32. The molecule has 0 saturated carbocycles. The first-order valence-corrected chi connectivity index (χ1v) is 9.10. The van der Waals surface area contributed by atoms with Gasteiger partial charge in [0, 0.05) is 18.6 Å². The number of aromatic hydroxyl groups is 2. The molecule has 2 N–H and O–H groups in total. The number of carbonyl (C=O) groups is 3. The summed E-state index contributed by atoms with van der Waals surface area (Å²) in [5.41, 5.74) is 0.384. The summed E-state index contributed by atoms with van der Waals surface area (Å²) in [6.45, 7) is 4.19. The molecule has 1 aliphatic carbocycles. The molecule has 1 aromatic rings. The van der Waals surface area contributed by atoms with Gasteiger partial charge in [0.05, 0.1) is 11.1 Å². The van der Waals surface area contributed by atoms with Gasteiger partial charge in [-0.3, -0.25) is 9.59 Å². The summed E-state index contributed by atoms with van der Waals surface area (Å²) < 4.78 is 10.9. The zero-order valence-electron chi connectivity index (χ0n) is 15.7. The van der Waals surface area contributed by atoms with E-state index in [0.717, 1.165) is 30.2 Å². The van der Waals surface area contributed by atoms with Crippen LogP contribution in [-0.2, 0) is 14.3 Å². The summed E-state index contributed by atoms with van der Waals surface area (Å²) in [4.78, 5) is 37.9. The fraction of sp³-hybridized carbons (Fsp3) is 0.381. The highest BCUT2D eigenvalue weighted by Crippen LogP contribution is 2.36. The van der Waals surface area contributed by atoms with Gasteiger partial charge in [-0.1, -0.05) is 11.6 Å². The SMILES string of the molecule is CC(C)=CC[C@@H](OC(=O)C1CCCO1)C1=CC(=O)c2c(O)ccc(O)c2C1=O. The molecule has 0 amide bonds. The Morgan fingerprint density at radius 2 is 1.93 bits per heavy atom. The van der Waals surface area contributed by atoms with Crippen molar-refractivity contribution >= 4 is 17.5 Å². The van der Waals surface area contributed by atoms with Crippen molar-refractivity contribution < 1.29 is 34.1 Å². The normalized spacial score (nSPS) is 19.6. The molecule has 0 aromatic heterocycles. The highest BCUT2D eigenvalue weighted by Gasteiger charge is 2.37. The Balaban J connectivity index is 1.96. The van der Waals surface area contributed by atoms with E-state index in [9.17, 15) is 24.6 Å². The standard InChI is InChI=1S/C21H22O7/c1-11(2)5-8-16(28-21(26)17-4-3-9-27-17)12-10-15(24)18-13(22)6-7-14(23)19(18)20(12)25/h5-7,10,16-17,22-23H,3-4,8-9H2,1-2H3/t16-,17?/m1/s1. The second-order valence-corrected chi connectivity index (χ2v) is 7.09. The van der Waals surface area contributed by atoms with E-state index >= 15 is 0 Å². The molecule has 0 spiro atoms. The Hall–Kier alpha value is -2.93. The maximum atomic E-state index is 13.0. The van der Waals surface area contributed by atoms with Crippen molar-refractivity contribution in [3.63, 3.8) is 0 Å². The van der Waals surface area contributed by atoms with Gasteiger partial charge in [-0.2, -0.15) is 0 Å². The van der Waals surface area contributed by atoms with E-state index in [4.69, 9.17) is 9.47 Å². The van der Waals surface area contributed by atoms with Crippen LogP contribution in [0.5, 0.6) is 11.5 Å². The van der Waals surface area contributed by atoms with Crippen LogP contribution in [0.1, 0.15) is 53.8 Å². The highest BCUT2D eigenvalue weighted by atomic mass is 16.6. The van der Waals surface area contributed by atoms with E-state index in [0.29, 0.717) is 13.0 Å². The number of phenolic OH excluding ortho intramolecular Hbond substituents is 2. The van der Waals surface area contributed by atoms with Crippen LogP contribution in [0.4, 0.5) is 0 Å². The Morgan fingerprint density at radius 1 is 1.25 bits per heavy atom. The number of esters is 1. The quantitative estimate of drug-likeness (QED) is 0.455. The molecular weight excluding hydrogens is 364 g/mol. The predicted molar refractivity (Wildman–Crippen MR) is 99.4 cm³/mol. The van der Waals surface area contributed by atoms with Crippen LogP contribution in [0.25, 0.3) is 0 Å². The van der Waals surface area contributed by atoms with Crippen molar-refractivity contribution in [3.8, 4) is 11.5 Å². The van der Waals surface area contributed by atoms with Crippen molar-refractivity contribution in [3.05, 3.63) is 46.6 Å².